The molecular formula is C60H75N3O12S. The number of unbranched alkanes of at least 4 members (excludes halogenated alkanes) is 6. The molecule has 0 aliphatic heterocycles. The van der Waals surface area contributed by atoms with Gasteiger partial charge in [0.05, 0.1) is 55.8 Å². The van der Waals surface area contributed by atoms with E-state index >= 15 is 0 Å². The van der Waals surface area contributed by atoms with Crippen molar-refractivity contribution in [3.63, 3.8) is 0 Å². The number of aromatic nitrogens is 1. The molecule has 16 heteroatoms. The van der Waals surface area contributed by atoms with Crippen molar-refractivity contribution >= 4 is 44.6 Å². The molecule has 5 aromatic rings. The zero-order valence-electron chi connectivity index (χ0n) is 43.7. The lowest BCUT2D eigenvalue weighted by atomic mass is 9.82. The quantitative estimate of drug-likeness (QED) is 0.00900. The van der Waals surface area contributed by atoms with Gasteiger partial charge in [0.25, 0.3) is 0 Å². The molecule has 76 heavy (non-hydrogen) atoms. The van der Waals surface area contributed by atoms with Crippen LogP contribution in [0.15, 0.2) is 116 Å². The van der Waals surface area contributed by atoms with Crippen molar-refractivity contribution in [2.45, 2.75) is 116 Å². The normalized spacial score (nSPS) is 17.6. The number of para-hydroxylation sites is 1. The van der Waals surface area contributed by atoms with Crippen molar-refractivity contribution in [2.24, 2.45) is 23.7 Å². The number of anilines is 1. The minimum Gasteiger partial charge on any atom is -0.494 e. The molecule has 0 saturated heterocycles. The van der Waals surface area contributed by atoms with Crippen LogP contribution < -0.4 is 39.3 Å². The van der Waals surface area contributed by atoms with Crippen LogP contribution in [0, 0.1) is 23.7 Å². The molecule has 0 radical (unpaired) electrons. The highest BCUT2D eigenvalue weighted by Crippen LogP contribution is 2.35. The highest BCUT2D eigenvalue weighted by atomic mass is 32.1. The van der Waals surface area contributed by atoms with Gasteiger partial charge >= 0.3 is 17.9 Å². The molecule has 15 nitrogen and oxygen atoms in total. The number of aliphatic hydroxyl groups excluding tert-OH is 1. The minimum atomic E-state index is -0.899. The number of hydrogen-bond acceptors (Lipinski definition) is 16. The van der Waals surface area contributed by atoms with E-state index in [1.165, 1.54) is 12.2 Å². The fraction of sp³-hybridized carbons (Fsp3) is 0.467. The summed E-state index contributed by atoms with van der Waals surface area (Å²) >= 11 is 1.58. The van der Waals surface area contributed by atoms with Gasteiger partial charge < -0.3 is 43.0 Å². The maximum Gasteiger partial charge on any atom is 0.330 e. The molecule has 2 aliphatic rings. The molecule has 1 aromatic heterocycles. The Kier molecular flexibility index (Phi) is 23.6. The number of esters is 3. The van der Waals surface area contributed by atoms with Gasteiger partial charge in [-0.3, -0.25) is 10.2 Å². The fourth-order valence-corrected chi connectivity index (χ4v) is 10.1. The van der Waals surface area contributed by atoms with Gasteiger partial charge in [-0.05, 0) is 193 Å². The van der Waals surface area contributed by atoms with E-state index in [0.717, 1.165) is 147 Å². The number of fused-ring (bicyclic) bond motifs is 1. The summed E-state index contributed by atoms with van der Waals surface area (Å²) in [5.41, 5.74) is 8.51. The second-order valence-electron chi connectivity index (χ2n) is 19.5. The van der Waals surface area contributed by atoms with Crippen LogP contribution in [0.5, 0.6) is 34.5 Å². The second-order valence-corrected chi connectivity index (χ2v) is 20.5. The Morgan fingerprint density at radius 3 is 1.76 bits per heavy atom. The molecule has 4 aromatic carbocycles. The van der Waals surface area contributed by atoms with Crippen molar-refractivity contribution in [3.8, 4) is 34.5 Å². The number of aliphatic hydroxyl groups is 1. The number of thiazole rings is 1. The average molecular weight is 1060 g/mol. The minimum absolute atomic E-state index is 0.0288. The van der Waals surface area contributed by atoms with E-state index < -0.39 is 12.3 Å². The Labute approximate surface area is 451 Å². The van der Waals surface area contributed by atoms with Crippen LogP contribution in [0.25, 0.3) is 10.2 Å². The summed E-state index contributed by atoms with van der Waals surface area (Å²) < 4.78 is 47.6. The van der Waals surface area contributed by atoms with Crippen LogP contribution in [-0.4, -0.2) is 73.9 Å². The zero-order chi connectivity index (χ0) is 53.2. The summed E-state index contributed by atoms with van der Waals surface area (Å²) in [6, 6.07) is 28.6. The summed E-state index contributed by atoms with van der Waals surface area (Å²) in [6.45, 7) is 10.3. The lowest BCUT2D eigenvalue weighted by molar-refractivity contribution is -0.140. The van der Waals surface area contributed by atoms with Gasteiger partial charge in [0, 0.05) is 30.2 Å². The number of rotatable bonds is 33. The van der Waals surface area contributed by atoms with Gasteiger partial charge in [-0.25, -0.2) is 20.0 Å². The Balaban J connectivity index is 0.812. The van der Waals surface area contributed by atoms with Gasteiger partial charge in [0.1, 0.15) is 34.5 Å². The number of carbonyl (C=O) groups is 3. The first-order chi connectivity index (χ1) is 37.2. The van der Waals surface area contributed by atoms with Gasteiger partial charge in [-0.1, -0.05) is 36.6 Å². The third-order valence-corrected chi connectivity index (χ3v) is 14.7. The Bertz CT molecular complexity index is 2520. The van der Waals surface area contributed by atoms with Gasteiger partial charge in [0.2, 0.25) is 0 Å². The molecule has 0 amide bonds. The van der Waals surface area contributed by atoms with Crippen LogP contribution in [0.1, 0.15) is 108 Å². The lowest BCUT2D eigenvalue weighted by Crippen LogP contribution is -2.31. The molecule has 2 fully saturated rings. The number of nitrogens with one attached hydrogen (secondary N) is 2. The Morgan fingerprint density at radius 1 is 0.618 bits per heavy atom. The summed E-state index contributed by atoms with van der Waals surface area (Å²) in [7, 11) is 0. The Morgan fingerprint density at radius 2 is 1.16 bits per heavy atom. The highest BCUT2D eigenvalue weighted by molar-refractivity contribution is 7.22. The first kappa shape index (κ1) is 57.1. The number of ether oxygens (including phenoxy) is 8. The molecule has 3 N–H and O–H groups in total. The van der Waals surface area contributed by atoms with Crippen molar-refractivity contribution in [1.82, 2.24) is 10.4 Å². The van der Waals surface area contributed by atoms with Crippen molar-refractivity contribution in [1.29, 1.82) is 0 Å². The molecule has 7 rings (SSSR count). The monoisotopic (exact) mass is 1060 g/mol. The molecule has 0 bridgehead atoms. The van der Waals surface area contributed by atoms with Crippen LogP contribution in [0.3, 0.4) is 0 Å². The number of nitrogens with zero attached hydrogens (tertiary/aromatic N) is 1. The first-order valence-corrected chi connectivity index (χ1v) is 27.9. The average Bonchev–Trinajstić information content (AvgIpc) is 3.87. The molecule has 1 atom stereocenters. The van der Waals surface area contributed by atoms with Crippen molar-refractivity contribution in [3.05, 3.63) is 122 Å². The summed E-state index contributed by atoms with van der Waals surface area (Å²) in [4.78, 5) is 40.2. The van der Waals surface area contributed by atoms with Crippen molar-refractivity contribution < 1.29 is 57.4 Å². The molecule has 0 spiro atoms. The number of carbonyl (C=O) groups excluding carboxylic acids is 3. The zero-order valence-corrected chi connectivity index (χ0v) is 44.5. The first-order valence-electron chi connectivity index (χ1n) is 27.0. The van der Waals surface area contributed by atoms with Gasteiger partial charge in [-0.15, -0.1) is 0 Å². The molecule has 1 heterocycles. The van der Waals surface area contributed by atoms with E-state index in [0.29, 0.717) is 69.5 Å². The van der Waals surface area contributed by atoms with E-state index in [1.807, 2.05) is 72.8 Å². The SMILES string of the molecule is C=CC(=O)OCCCCCCOc1ccc(OC(=O)C2CCC(COc3ccc(OCC4CCC(C(O)Oc5ccc(OCCCCCCOC(=O)C=C)cc5)CC4)cc3CNNc3nc4ccccc4s3)CC2)cc1. The molecule has 408 valence electrons. The number of hydrazine groups is 1. The predicted octanol–water partition coefficient (Wildman–Crippen LogP) is 12.1. The fourth-order valence-electron chi connectivity index (χ4n) is 9.30. The van der Waals surface area contributed by atoms with E-state index in [1.54, 1.807) is 23.5 Å². The van der Waals surface area contributed by atoms with Crippen LogP contribution in [0.2, 0.25) is 0 Å². The topological polar surface area (TPSA) is 182 Å². The molecule has 2 saturated carbocycles. The van der Waals surface area contributed by atoms with Crippen molar-refractivity contribution in [2.75, 3.05) is 45.1 Å². The predicted molar refractivity (Wildman–Crippen MR) is 294 cm³/mol. The molecule has 2 aliphatic carbocycles. The third-order valence-electron chi connectivity index (χ3n) is 13.8. The standard InChI is InChI=1S/C60H75N3O12S/c1-3-56(64)70-37-13-7-5-11-35-68-48-25-29-50(30-26-48)74-58(66)45-21-17-43(18-22-45)41-72-52-33-34-54(47(39-52)40-61-63-60-62-53-15-9-10-16-55(53)76-60)73-42-44-19-23-46(24-20-44)59(67)75-51-31-27-49(28-32-51)69-36-12-6-8-14-38-71-57(65)4-2/h3-4,9-10,15-16,25-34,39,43-46,58,61,66H,1-2,5-8,11-14,17-24,35-38,40-42H2,(H,62,63). The highest BCUT2D eigenvalue weighted by Gasteiger charge is 2.30. The lowest BCUT2D eigenvalue weighted by Gasteiger charge is -2.31. The largest absolute Gasteiger partial charge is 0.494 e. The smallest absolute Gasteiger partial charge is 0.330 e. The number of hydrogen-bond donors (Lipinski definition) is 3. The maximum absolute atomic E-state index is 13.2. The van der Waals surface area contributed by atoms with E-state index in [2.05, 4.69) is 30.1 Å². The van der Waals surface area contributed by atoms with Gasteiger partial charge in [0.15, 0.2) is 11.4 Å². The van der Waals surface area contributed by atoms with Crippen LogP contribution in [0.4, 0.5) is 5.13 Å². The van der Waals surface area contributed by atoms with Gasteiger partial charge in [-0.2, -0.15) is 0 Å². The molecular weight excluding hydrogens is 987 g/mol. The third kappa shape index (κ3) is 19.5. The van der Waals surface area contributed by atoms with E-state index in [-0.39, 0.29) is 23.8 Å². The second kappa shape index (κ2) is 31.4. The Hall–Kier alpha value is -6.62. The summed E-state index contributed by atoms with van der Waals surface area (Å²) in [5, 5.41) is 11.8. The van der Waals surface area contributed by atoms with Crippen LogP contribution >= 0.6 is 11.3 Å². The van der Waals surface area contributed by atoms with Crippen LogP contribution in [-0.2, 0) is 30.4 Å². The summed E-state index contributed by atoms with van der Waals surface area (Å²) in [5.74, 6) is 3.64. The van der Waals surface area contributed by atoms with E-state index in [4.69, 9.17) is 42.9 Å². The van der Waals surface area contributed by atoms with E-state index in [9.17, 15) is 19.5 Å². The summed E-state index contributed by atoms with van der Waals surface area (Å²) in [6.07, 6.45) is 15.4. The number of benzene rings is 4. The molecule has 1 unspecified atom stereocenters. The maximum atomic E-state index is 13.2.